The molecule has 0 bridgehead atoms. The summed E-state index contributed by atoms with van der Waals surface area (Å²) in [6.45, 7) is 6.24. The van der Waals surface area contributed by atoms with E-state index in [0.29, 0.717) is 37.3 Å². The largest absolute Gasteiger partial charge is 0.372 e. The highest BCUT2D eigenvalue weighted by Gasteiger charge is 2.32. The molecule has 0 unspecified atom stereocenters. The standard InChI is InChI=1S/C23H29FN4O3/c1-15-13-28(14-16(2)31-15)23(30)19-12-25-26-22(19)17-7-9-27(10-8-17)21(29)11-18-5-3-4-6-20(18)24/h3-6,12,15-17H,7-11,13-14H2,1-2H3,(H,25,26)/t15-,16-/m0/s1. The van der Waals surface area contributed by atoms with Gasteiger partial charge in [-0.15, -0.1) is 0 Å². The van der Waals surface area contributed by atoms with Crippen molar-refractivity contribution in [2.75, 3.05) is 26.2 Å². The lowest BCUT2D eigenvalue weighted by atomic mass is 9.90. The average molecular weight is 429 g/mol. The molecule has 31 heavy (non-hydrogen) atoms. The SMILES string of the molecule is C[C@H]1CN(C(=O)c2cn[nH]c2C2CCN(C(=O)Cc3ccccc3F)CC2)C[C@H](C)O1. The average Bonchev–Trinajstić information content (AvgIpc) is 3.24. The molecule has 0 aliphatic carbocycles. The van der Waals surface area contributed by atoms with Crippen LogP contribution in [0.4, 0.5) is 4.39 Å². The highest BCUT2D eigenvalue weighted by molar-refractivity contribution is 5.95. The molecule has 0 radical (unpaired) electrons. The first-order valence-corrected chi connectivity index (χ1v) is 10.9. The summed E-state index contributed by atoms with van der Waals surface area (Å²) in [5.41, 5.74) is 1.88. The Labute approximate surface area is 181 Å². The van der Waals surface area contributed by atoms with Gasteiger partial charge >= 0.3 is 0 Å². The number of likely N-dealkylation sites (tertiary alicyclic amines) is 1. The molecule has 2 amide bonds. The summed E-state index contributed by atoms with van der Waals surface area (Å²) in [6.07, 6.45) is 3.16. The van der Waals surface area contributed by atoms with Gasteiger partial charge in [-0.2, -0.15) is 5.10 Å². The minimum Gasteiger partial charge on any atom is -0.372 e. The third-order valence-corrected chi connectivity index (χ3v) is 6.16. The molecule has 166 valence electrons. The van der Waals surface area contributed by atoms with Crippen LogP contribution in [0.5, 0.6) is 0 Å². The van der Waals surface area contributed by atoms with Gasteiger partial charge in [0.1, 0.15) is 5.82 Å². The fourth-order valence-corrected chi connectivity index (χ4v) is 4.63. The number of morpholine rings is 1. The molecule has 2 aromatic rings. The second-order valence-corrected chi connectivity index (χ2v) is 8.59. The summed E-state index contributed by atoms with van der Waals surface area (Å²) in [5.74, 6) is -0.308. The number of piperidine rings is 1. The number of rotatable bonds is 4. The first-order valence-electron chi connectivity index (χ1n) is 10.9. The van der Waals surface area contributed by atoms with Crippen LogP contribution in [0.3, 0.4) is 0 Å². The first kappa shape index (κ1) is 21.5. The molecule has 0 saturated carbocycles. The summed E-state index contributed by atoms with van der Waals surface area (Å²) < 4.78 is 19.6. The van der Waals surface area contributed by atoms with Gasteiger partial charge in [-0.3, -0.25) is 14.7 Å². The Morgan fingerprint density at radius 3 is 2.48 bits per heavy atom. The molecular formula is C23H29FN4O3. The molecule has 2 saturated heterocycles. The van der Waals surface area contributed by atoms with Gasteiger partial charge in [0, 0.05) is 32.1 Å². The molecule has 1 N–H and O–H groups in total. The van der Waals surface area contributed by atoms with Crippen molar-refractivity contribution in [3.63, 3.8) is 0 Å². The van der Waals surface area contributed by atoms with Crippen LogP contribution in [0.1, 0.15) is 54.2 Å². The van der Waals surface area contributed by atoms with Crippen LogP contribution in [0.15, 0.2) is 30.5 Å². The van der Waals surface area contributed by atoms with Crippen molar-refractivity contribution in [1.82, 2.24) is 20.0 Å². The Morgan fingerprint density at radius 1 is 1.13 bits per heavy atom. The Bertz CT molecular complexity index is 928. The highest BCUT2D eigenvalue weighted by Crippen LogP contribution is 2.30. The third-order valence-electron chi connectivity index (χ3n) is 6.16. The van der Waals surface area contributed by atoms with E-state index in [1.54, 1.807) is 29.3 Å². The number of nitrogens with zero attached hydrogens (tertiary/aromatic N) is 3. The lowest BCUT2D eigenvalue weighted by molar-refractivity contribution is -0.131. The maximum absolute atomic E-state index is 13.9. The predicted molar refractivity (Wildman–Crippen MR) is 113 cm³/mol. The van der Waals surface area contributed by atoms with Crippen LogP contribution in [0, 0.1) is 5.82 Å². The molecule has 2 fully saturated rings. The van der Waals surface area contributed by atoms with E-state index < -0.39 is 0 Å². The van der Waals surface area contributed by atoms with Gasteiger partial charge in [0.2, 0.25) is 5.91 Å². The molecule has 7 nitrogen and oxygen atoms in total. The normalized spacial score (nSPS) is 22.5. The quantitative estimate of drug-likeness (QED) is 0.812. The number of carbonyl (C=O) groups is 2. The van der Waals surface area contributed by atoms with Crippen LogP contribution in [0.2, 0.25) is 0 Å². The van der Waals surface area contributed by atoms with Gasteiger partial charge in [-0.25, -0.2) is 4.39 Å². The lowest BCUT2D eigenvalue weighted by Gasteiger charge is -2.36. The maximum Gasteiger partial charge on any atom is 0.257 e. The number of ether oxygens (including phenoxy) is 1. The molecule has 2 aliphatic rings. The topological polar surface area (TPSA) is 78.5 Å². The summed E-state index contributed by atoms with van der Waals surface area (Å²) in [5, 5.41) is 7.17. The van der Waals surface area contributed by atoms with E-state index in [2.05, 4.69) is 10.2 Å². The molecular weight excluding hydrogens is 399 g/mol. The van der Waals surface area contributed by atoms with Gasteiger partial charge in [0.15, 0.2) is 0 Å². The molecule has 1 aromatic heterocycles. The van der Waals surface area contributed by atoms with Crippen molar-refractivity contribution >= 4 is 11.8 Å². The zero-order valence-corrected chi connectivity index (χ0v) is 18.0. The molecule has 2 atom stereocenters. The Balaban J connectivity index is 1.38. The number of hydrogen-bond acceptors (Lipinski definition) is 4. The zero-order valence-electron chi connectivity index (χ0n) is 18.0. The molecule has 3 heterocycles. The smallest absolute Gasteiger partial charge is 0.257 e. The number of nitrogens with one attached hydrogen (secondary N) is 1. The van der Waals surface area contributed by atoms with Crippen LogP contribution >= 0.6 is 0 Å². The van der Waals surface area contributed by atoms with Crippen LogP contribution in [-0.4, -0.2) is 70.2 Å². The van der Waals surface area contributed by atoms with Crippen LogP contribution < -0.4 is 0 Å². The highest BCUT2D eigenvalue weighted by atomic mass is 19.1. The monoisotopic (exact) mass is 428 g/mol. The van der Waals surface area contributed by atoms with E-state index in [1.807, 2.05) is 18.7 Å². The summed E-state index contributed by atoms with van der Waals surface area (Å²) >= 11 is 0. The number of carbonyl (C=O) groups excluding carboxylic acids is 2. The van der Waals surface area contributed by atoms with Gasteiger partial charge < -0.3 is 14.5 Å². The minimum atomic E-state index is -0.349. The van der Waals surface area contributed by atoms with Crippen LogP contribution in [-0.2, 0) is 16.0 Å². The minimum absolute atomic E-state index is 0.00625. The fraction of sp³-hybridized carbons (Fsp3) is 0.522. The Morgan fingerprint density at radius 2 is 1.81 bits per heavy atom. The number of halogens is 1. The first-order chi connectivity index (χ1) is 14.9. The van der Waals surface area contributed by atoms with Gasteiger partial charge in [-0.1, -0.05) is 18.2 Å². The number of benzene rings is 1. The second kappa shape index (κ2) is 9.18. The third kappa shape index (κ3) is 4.79. The molecule has 8 heteroatoms. The van der Waals surface area contributed by atoms with E-state index >= 15 is 0 Å². The Kier molecular flexibility index (Phi) is 6.36. The summed E-state index contributed by atoms with van der Waals surface area (Å²) in [7, 11) is 0. The second-order valence-electron chi connectivity index (χ2n) is 8.59. The fourth-order valence-electron chi connectivity index (χ4n) is 4.63. The summed E-state index contributed by atoms with van der Waals surface area (Å²) in [6, 6.07) is 6.39. The van der Waals surface area contributed by atoms with Crippen molar-refractivity contribution in [2.24, 2.45) is 0 Å². The number of amides is 2. The number of aromatic nitrogens is 2. The predicted octanol–water partition coefficient (Wildman–Crippen LogP) is 2.75. The van der Waals surface area contributed by atoms with E-state index in [0.717, 1.165) is 18.5 Å². The maximum atomic E-state index is 13.9. The molecule has 2 aliphatic heterocycles. The number of H-pyrrole nitrogens is 1. The lowest BCUT2D eigenvalue weighted by Crippen LogP contribution is -2.48. The van der Waals surface area contributed by atoms with Gasteiger partial charge in [0.05, 0.1) is 36.1 Å². The van der Waals surface area contributed by atoms with E-state index in [-0.39, 0.29) is 42.2 Å². The molecule has 1 aromatic carbocycles. The molecule has 4 rings (SSSR count). The zero-order chi connectivity index (χ0) is 22.0. The Hall–Kier alpha value is -2.74. The van der Waals surface area contributed by atoms with Crippen molar-refractivity contribution < 1.29 is 18.7 Å². The van der Waals surface area contributed by atoms with Gasteiger partial charge in [-0.05, 0) is 38.3 Å². The van der Waals surface area contributed by atoms with E-state index in [9.17, 15) is 14.0 Å². The van der Waals surface area contributed by atoms with Crippen molar-refractivity contribution in [2.45, 2.75) is 51.2 Å². The number of hydrogen-bond donors (Lipinski definition) is 1. The van der Waals surface area contributed by atoms with Crippen molar-refractivity contribution in [1.29, 1.82) is 0 Å². The van der Waals surface area contributed by atoms with E-state index in [1.165, 1.54) is 6.07 Å². The summed E-state index contributed by atoms with van der Waals surface area (Å²) in [4.78, 5) is 29.4. The van der Waals surface area contributed by atoms with Crippen molar-refractivity contribution in [3.8, 4) is 0 Å². The van der Waals surface area contributed by atoms with E-state index in [4.69, 9.17) is 4.74 Å². The van der Waals surface area contributed by atoms with Gasteiger partial charge in [0.25, 0.3) is 5.91 Å². The van der Waals surface area contributed by atoms with Crippen LogP contribution in [0.25, 0.3) is 0 Å². The molecule has 0 spiro atoms. The number of aromatic amines is 1. The van der Waals surface area contributed by atoms with Crippen molar-refractivity contribution in [3.05, 3.63) is 53.1 Å².